The molecule has 3 rings (SSSR count). The summed E-state index contributed by atoms with van der Waals surface area (Å²) < 4.78 is 32.2. The standard InChI is InChI=1S/C15H15Cl2NO6S/c1-8(19)23-14-12(20)13(11-9(16)4-2-5-10(11)17)24-15(14)18-6-3-7-25(18,21)22/h2,4-5,20-22H,3,6-7H2,1H3. The molecule has 10 heteroatoms. The monoisotopic (exact) mass is 407 g/mol. The first kappa shape index (κ1) is 18.2. The van der Waals surface area contributed by atoms with E-state index in [2.05, 4.69) is 0 Å². The molecule has 2 aromatic rings. The van der Waals surface area contributed by atoms with Crippen molar-refractivity contribution in [1.29, 1.82) is 0 Å². The molecule has 0 spiro atoms. The fourth-order valence-electron chi connectivity index (χ4n) is 2.57. The second-order valence-electron chi connectivity index (χ2n) is 5.40. The summed E-state index contributed by atoms with van der Waals surface area (Å²) in [4.78, 5) is 11.4. The minimum Gasteiger partial charge on any atom is -0.502 e. The lowest BCUT2D eigenvalue weighted by molar-refractivity contribution is -0.132. The van der Waals surface area contributed by atoms with E-state index in [0.29, 0.717) is 6.42 Å². The van der Waals surface area contributed by atoms with Crippen molar-refractivity contribution in [3.05, 3.63) is 28.2 Å². The van der Waals surface area contributed by atoms with Crippen molar-refractivity contribution >= 4 is 45.8 Å². The molecule has 2 heterocycles. The van der Waals surface area contributed by atoms with Gasteiger partial charge in [0.05, 0.1) is 21.4 Å². The molecule has 0 radical (unpaired) electrons. The summed E-state index contributed by atoms with van der Waals surface area (Å²) in [6, 6.07) is 4.73. The van der Waals surface area contributed by atoms with Crippen molar-refractivity contribution in [3.8, 4) is 22.8 Å². The van der Waals surface area contributed by atoms with Gasteiger partial charge in [-0.15, -0.1) is 10.8 Å². The zero-order chi connectivity index (χ0) is 18.4. The van der Waals surface area contributed by atoms with Gasteiger partial charge in [0.1, 0.15) is 0 Å². The van der Waals surface area contributed by atoms with Crippen LogP contribution in [0.2, 0.25) is 10.0 Å². The number of ether oxygens (including phenoxy) is 1. The Morgan fingerprint density at radius 1 is 1.32 bits per heavy atom. The fourth-order valence-corrected chi connectivity index (χ4v) is 4.69. The van der Waals surface area contributed by atoms with E-state index in [1.54, 1.807) is 18.2 Å². The molecular weight excluding hydrogens is 393 g/mol. The Morgan fingerprint density at radius 3 is 2.48 bits per heavy atom. The smallest absolute Gasteiger partial charge is 0.308 e. The molecule has 25 heavy (non-hydrogen) atoms. The molecule has 3 N–H and O–H groups in total. The summed E-state index contributed by atoms with van der Waals surface area (Å²) in [5.41, 5.74) is 0.207. The topological polar surface area (TPSA) is 103 Å². The summed E-state index contributed by atoms with van der Waals surface area (Å²) in [5.74, 6) is -1.64. The van der Waals surface area contributed by atoms with Crippen molar-refractivity contribution in [2.24, 2.45) is 0 Å². The number of hydrogen-bond donors (Lipinski definition) is 3. The lowest BCUT2D eigenvalue weighted by atomic mass is 10.1. The quantitative estimate of drug-likeness (QED) is 0.629. The molecule has 1 fully saturated rings. The minimum atomic E-state index is -3.13. The Kier molecular flexibility index (Phi) is 4.82. The number of halogens is 2. The number of esters is 1. The Bertz CT molecular complexity index is 817. The van der Waals surface area contributed by atoms with Gasteiger partial charge in [-0.2, -0.15) is 0 Å². The van der Waals surface area contributed by atoms with E-state index in [1.165, 1.54) is 4.31 Å². The van der Waals surface area contributed by atoms with Crippen LogP contribution in [0.1, 0.15) is 13.3 Å². The molecule has 1 aliphatic rings. The van der Waals surface area contributed by atoms with E-state index >= 15 is 0 Å². The highest BCUT2D eigenvalue weighted by molar-refractivity contribution is 8.25. The molecule has 0 amide bonds. The van der Waals surface area contributed by atoms with Gasteiger partial charge in [0.15, 0.2) is 5.76 Å². The van der Waals surface area contributed by atoms with Crippen molar-refractivity contribution < 1.29 is 28.2 Å². The molecule has 0 aliphatic carbocycles. The maximum Gasteiger partial charge on any atom is 0.308 e. The highest BCUT2D eigenvalue weighted by Crippen LogP contribution is 2.58. The van der Waals surface area contributed by atoms with E-state index in [4.69, 9.17) is 32.4 Å². The second kappa shape index (κ2) is 6.62. The molecule has 1 saturated heterocycles. The van der Waals surface area contributed by atoms with Crippen molar-refractivity contribution in [3.63, 3.8) is 0 Å². The van der Waals surface area contributed by atoms with Crippen LogP contribution in [-0.2, 0) is 4.79 Å². The first-order valence-electron chi connectivity index (χ1n) is 7.24. The molecule has 1 aromatic heterocycles. The third kappa shape index (κ3) is 3.28. The third-order valence-electron chi connectivity index (χ3n) is 3.62. The first-order chi connectivity index (χ1) is 11.7. The zero-order valence-electron chi connectivity index (χ0n) is 13.0. The number of aromatic hydroxyl groups is 1. The molecule has 1 aromatic carbocycles. The number of furan rings is 1. The van der Waals surface area contributed by atoms with E-state index < -0.39 is 22.5 Å². The van der Waals surface area contributed by atoms with Crippen LogP contribution in [-0.4, -0.2) is 32.5 Å². The van der Waals surface area contributed by atoms with Crippen molar-refractivity contribution in [1.82, 2.24) is 0 Å². The maximum absolute atomic E-state index is 11.4. The van der Waals surface area contributed by atoms with E-state index in [1.807, 2.05) is 0 Å². The molecular formula is C15H15Cl2NO6S. The number of rotatable bonds is 3. The number of carbonyl (C=O) groups is 1. The maximum atomic E-state index is 11.4. The van der Waals surface area contributed by atoms with E-state index in [0.717, 1.165) is 6.92 Å². The number of nitrogens with zero attached hydrogens (tertiary/aromatic N) is 1. The summed E-state index contributed by atoms with van der Waals surface area (Å²) in [7, 11) is -3.13. The van der Waals surface area contributed by atoms with Gasteiger partial charge in [-0.1, -0.05) is 29.3 Å². The molecule has 0 bridgehead atoms. The molecule has 7 nitrogen and oxygen atoms in total. The van der Waals surface area contributed by atoms with Crippen molar-refractivity contribution in [2.45, 2.75) is 13.3 Å². The average molecular weight is 408 g/mol. The van der Waals surface area contributed by atoms with E-state index in [-0.39, 0.29) is 45.3 Å². The third-order valence-corrected chi connectivity index (χ3v) is 6.14. The van der Waals surface area contributed by atoms with E-state index in [9.17, 15) is 19.0 Å². The van der Waals surface area contributed by atoms with Gasteiger partial charge in [0.25, 0.3) is 5.88 Å². The van der Waals surface area contributed by atoms with Crippen LogP contribution in [0.15, 0.2) is 22.6 Å². The highest BCUT2D eigenvalue weighted by Gasteiger charge is 2.38. The average Bonchev–Trinajstić information content (AvgIpc) is 3.00. The van der Waals surface area contributed by atoms with Gasteiger partial charge >= 0.3 is 5.97 Å². The van der Waals surface area contributed by atoms with Gasteiger partial charge in [-0.3, -0.25) is 13.9 Å². The summed E-state index contributed by atoms with van der Waals surface area (Å²) >= 11 is 12.3. The number of benzene rings is 1. The number of anilines is 1. The molecule has 1 aliphatic heterocycles. The van der Waals surface area contributed by atoms with Gasteiger partial charge < -0.3 is 14.3 Å². The van der Waals surface area contributed by atoms with Crippen LogP contribution in [0.5, 0.6) is 11.5 Å². The fraction of sp³-hybridized carbons (Fsp3) is 0.267. The SMILES string of the molecule is CC(=O)Oc1c(N2CCCS2(O)O)oc(-c2c(Cl)cccc2Cl)c1O. The lowest BCUT2D eigenvalue weighted by Crippen LogP contribution is -2.22. The van der Waals surface area contributed by atoms with Crippen LogP contribution >= 0.6 is 34.0 Å². The molecule has 0 saturated carbocycles. The molecule has 0 unspecified atom stereocenters. The van der Waals surface area contributed by atoms with Crippen molar-refractivity contribution in [2.75, 3.05) is 16.6 Å². The van der Waals surface area contributed by atoms with Crippen LogP contribution < -0.4 is 9.04 Å². The summed E-state index contributed by atoms with van der Waals surface area (Å²) in [6.07, 6.45) is 0.505. The Labute approximate surface area is 155 Å². The van der Waals surface area contributed by atoms with Gasteiger partial charge in [0, 0.05) is 13.5 Å². The Balaban J connectivity index is 2.21. The zero-order valence-corrected chi connectivity index (χ0v) is 15.4. The lowest BCUT2D eigenvalue weighted by Gasteiger charge is -2.36. The summed E-state index contributed by atoms with van der Waals surface area (Å²) in [6.45, 7) is 1.42. The Morgan fingerprint density at radius 2 is 1.96 bits per heavy atom. The van der Waals surface area contributed by atoms with Crippen LogP contribution in [0.4, 0.5) is 5.88 Å². The Hall–Kier alpha value is -1.58. The highest BCUT2D eigenvalue weighted by atomic mass is 35.5. The predicted octanol–water partition coefficient (Wildman–Crippen LogP) is 4.76. The van der Waals surface area contributed by atoms with Gasteiger partial charge in [0.2, 0.25) is 11.5 Å². The normalized spacial score (nSPS) is 17.6. The largest absolute Gasteiger partial charge is 0.502 e. The van der Waals surface area contributed by atoms with Crippen LogP contribution in [0, 0.1) is 0 Å². The van der Waals surface area contributed by atoms with Crippen LogP contribution in [0.3, 0.4) is 0 Å². The first-order valence-corrected chi connectivity index (χ1v) is 9.67. The second-order valence-corrected chi connectivity index (χ2v) is 8.32. The minimum absolute atomic E-state index is 0.121. The van der Waals surface area contributed by atoms with Crippen LogP contribution in [0.25, 0.3) is 11.3 Å². The number of carbonyl (C=O) groups excluding carboxylic acids is 1. The molecule has 136 valence electrons. The predicted molar refractivity (Wildman–Crippen MR) is 96.8 cm³/mol. The summed E-state index contributed by atoms with van der Waals surface area (Å²) in [5, 5.41) is 10.9. The van der Waals surface area contributed by atoms with Gasteiger partial charge in [-0.25, -0.2) is 4.31 Å². The number of hydrogen-bond acceptors (Lipinski definition) is 7. The molecule has 0 atom stereocenters. The van der Waals surface area contributed by atoms with Gasteiger partial charge in [-0.05, 0) is 18.6 Å².